The number of nitrogens with two attached hydrogens (primary N) is 1. The van der Waals surface area contributed by atoms with Gasteiger partial charge in [0.1, 0.15) is 0 Å². The minimum Gasteiger partial charge on any atom is -0.469 e. The summed E-state index contributed by atoms with van der Waals surface area (Å²) in [6.45, 7) is 0. The summed E-state index contributed by atoms with van der Waals surface area (Å²) in [4.78, 5) is 11.4. The number of halogens is 1. The van der Waals surface area contributed by atoms with E-state index in [9.17, 15) is 4.79 Å². The average molecular weight is 220 g/mol. The number of fused-ring (bicyclic) bond motifs is 3. The van der Waals surface area contributed by atoms with Crippen LogP contribution in [0.1, 0.15) is 25.7 Å². The molecule has 0 aromatic carbocycles. The SMILES string of the molecule is COC(=O)[C@@H]1C[C@H]2CC[C@@H]1C[C@@H]2N.Cl. The van der Waals surface area contributed by atoms with Gasteiger partial charge in [-0.2, -0.15) is 0 Å². The Morgan fingerprint density at radius 2 is 1.93 bits per heavy atom. The average Bonchev–Trinajstić information content (AvgIpc) is 2.17. The van der Waals surface area contributed by atoms with Crippen LogP contribution in [0.25, 0.3) is 0 Å². The monoisotopic (exact) mass is 219 g/mol. The van der Waals surface area contributed by atoms with Gasteiger partial charge in [-0.15, -0.1) is 12.4 Å². The first kappa shape index (κ1) is 11.8. The summed E-state index contributed by atoms with van der Waals surface area (Å²) < 4.78 is 4.80. The Bertz CT molecular complexity index is 222. The first-order valence-corrected chi connectivity index (χ1v) is 5.05. The van der Waals surface area contributed by atoms with E-state index in [-0.39, 0.29) is 24.3 Å². The largest absolute Gasteiger partial charge is 0.469 e. The molecule has 3 fully saturated rings. The van der Waals surface area contributed by atoms with Crippen molar-refractivity contribution in [2.24, 2.45) is 23.5 Å². The molecule has 0 amide bonds. The van der Waals surface area contributed by atoms with Crippen molar-refractivity contribution in [2.45, 2.75) is 31.7 Å². The lowest BCUT2D eigenvalue weighted by molar-refractivity contribution is -0.151. The van der Waals surface area contributed by atoms with Crippen molar-refractivity contribution >= 4 is 18.4 Å². The molecule has 2 N–H and O–H groups in total. The van der Waals surface area contributed by atoms with Gasteiger partial charge in [0.05, 0.1) is 13.0 Å². The minimum absolute atomic E-state index is 0. The minimum atomic E-state index is -0.0263. The molecule has 0 unspecified atom stereocenters. The van der Waals surface area contributed by atoms with Crippen molar-refractivity contribution in [3.63, 3.8) is 0 Å². The molecule has 3 rings (SSSR count). The molecule has 14 heavy (non-hydrogen) atoms. The summed E-state index contributed by atoms with van der Waals surface area (Å²) in [5, 5.41) is 0. The van der Waals surface area contributed by atoms with Gasteiger partial charge in [0, 0.05) is 6.04 Å². The van der Waals surface area contributed by atoms with E-state index >= 15 is 0 Å². The maximum atomic E-state index is 11.4. The highest BCUT2D eigenvalue weighted by molar-refractivity contribution is 5.85. The zero-order chi connectivity index (χ0) is 9.42. The second kappa shape index (κ2) is 4.49. The summed E-state index contributed by atoms with van der Waals surface area (Å²) >= 11 is 0. The third kappa shape index (κ3) is 1.89. The molecule has 3 saturated carbocycles. The third-order valence-electron chi connectivity index (χ3n) is 3.72. The second-order valence-corrected chi connectivity index (χ2v) is 4.36. The van der Waals surface area contributed by atoms with Crippen molar-refractivity contribution in [3.05, 3.63) is 0 Å². The van der Waals surface area contributed by atoms with E-state index in [2.05, 4.69) is 0 Å². The van der Waals surface area contributed by atoms with Gasteiger partial charge in [0.25, 0.3) is 0 Å². The van der Waals surface area contributed by atoms with E-state index in [1.165, 1.54) is 13.5 Å². The van der Waals surface area contributed by atoms with E-state index in [4.69, 9.17) is 10.5 Å². The number of carbonyl (C=O) groups excluding carboxylic acids is 1. The van der Waals surface area contributed by atoms with Gasteiger partial charge in [0.15, 0.2) is 0 Å². The molecule has 0 spiro atoms. The highest BCUT2D eigenvalue weighted by Crippen LogP contribution is 2.44. The summed E-state index contributed by atoms with van der Waals surface area (Å²) in [6, 6.07) is 0.333. The van der Waals surface area contributed by atoms with Gasteiger partial charge in [-0.1, -0.05) is 0 Å². The molecular weight excluding hydrogens is 202 g/mol. The lowest BCUT2D eigenvalue weighted by atomic mass is 9.62. The van der Waals surface area contributed by atoms with Gasteiger partial charge < -0.3 is 10.5 Å². The molecule has 0 radical (unpaired) electrons. The van der Waals surface area contributed by atoms with Crippen LogP contribution in [0.4, 0.5) is 0 Å². The van der Waals surface area contributed by atoms with E-state index in [0.29, 0.717) is 17.9 Å². The molecule has 4 heteroatoms. The van der Waals surface area contributed by atoms with Crippen molar-refractivity contribution in [3.8, 4) is 0 Å². The quantitative estimate of drug-likeness (QED) is 0.678. The molecule has 0 heterocycles. The fourth-order valence-corrected chi connectivity index (χ4v) is 2.92. The summed E-state index contributed by atoms with van der Waals surface area (Å²) in [7, 11) is 1.48. The van der Waals surface area contributed by atoms with Crippen LogP contribution < -0.4 is 5.73 Å². The number of esters is 1. The maximum Gasteiger partial charge on any atom is 0.308 e. The zero-order valence-corrected chi connectivity index (χ0v) is 9.26. The Hall–Kier alpha value is -0.280. The molecule has 3 aliphatic rings. The van der Waals surface area contributed by atoms with Crippen LogP contribution in [-0.4, -0.2) is 19.1 Å². The summed E-state index contributed by atoms with van der Waals surface area (Å²) in [5.41, 5.74) is 5.97. The van der Waals surface area contributed by atoms with Gasteiger partial charge in [0.2, 0.25) is 0 Å². The number of hydrogen-bond acceptors (Lipinski definition) is 3. The molecule has 0 saturated heterocycles. The third-order valence-corrected chi connectivity index (χ3v) is 3.72. The fraction of sp³-hybridized carbons (Fsp3) is 0.900. The zero-order valence-electron chi connectivity index (χ0n) is 8.44. The Balaban J connectivity index is 0.000000980. The Labute approximate surface area is 90.8 Å². The number of hydrogen-bond donors (Lipinski definition) is 1. The summed E-state index contributed by atoms with van der Waals surface area (Å²) in [6.07, 6.45) is 4.35. The Kier molecular flexibility index (Phi) is 3.78. The lowest BCUT2D eigenvalue weighted by Crippen LogP contribution is -2.47. The van der Waals surface area contributed by atoms with Crippen LogP contribution in [0.3, 0.4) is 0 Å². The van der Waals surface area contributed by atoms with Crippen molar-refractivity contribution in [1.82, 2.24) is 0 Å². The maximum absolute atomic E-state index is 11.4. The molecule has 3 aliphatic carbocycles. The van der Waals surface area contributed by atoms with Gasteiger partial charge in [-0.25, -0.2) is 0 Å². The van der Waals surface area contributed by atoms with Crippen LogP contribution in [0, 0.1) is 17.8 Å². The van der Waals surface area contributed by atoms with Crippen molar-refractivity contribution in [1.29, 1.82) is 0 Å². The highest BCUT2D eigenvalue weighted by Gasteiger charge is 2.43. The topological polar surface area (TPSA) is 52.3 Å². The van der Waals surface area contributed by atoms with Gasteiger partial charge >= 0.3 is 5.97 Å². The van der Waals surface area contributed by atoms with Crippen LogP contribution in [-0.2, 0) is 9.53 Å². The van der Waals surface area contributed by atoms with E-state index in [1.54, 1.807) is 0 Å². The first-order chi connectivity index (χ1) is 6.22. The van der Waals surface area contributed by atoms with Crippen LogP contribution in [0.5, 0.6) is 0 Å². The molecule has 82 valence electrons. The number of methoxy groups -OCH3 is 1. The van der Waals surface area contributed by atoms with Crippen molar-refractivity contribution in [2.75, 3.05) is 7.11 Å². The normalized spacial score (nSPS) is 40.1. The molecule has 2 bridgehead atoms. The number of carbonyl (C=O) groups is 1. The van der Waals surface area contributed by atoms with E-state index < -0.39 is 0 Å². The summed E-state index contributed by atoms with van der Waals surface area (Å²) in [5.74, 6) is 1.17. The number of rotatable bonds is 1. The molecular formula is C10H18ClNO2. The lowest BCUT2D eigenvalue weighted by Gasteiger charge is -2.44. The standard InChI is InChI=1S/C10H17NO2.ClH/c1-13-10(12)8-4-7-3-2-6(8)5-9(7)11;/h6-9H,2-5,11H2,1H3;1H/t6-,7-,8-,9+;/m1./s1. The molecule has 0 aromatic heterocycles. The smallest absolute Gasteiger partial charge is 0.308 e. The molecule has 0 aliphatic heterocycles. The first-order valence-electron chi connectivity index (χ1n) is 5.05. The van der Waals surface area contributed by atoms with Crippen LogP contribution in [0.15, 0.2) is 0 Å². The highest BCUT2D eigenvalue weighted by atomic mass is 35.5. The Morgan fingerprint density at radius 1 is 1.29 bits per heavy atom. The Morgan fingerprint density at radius 3 is 2.36 bits per heavy atom. The van der Waals surface area contributed by atoms with Crippen LogP contribution in [0.2, 0.25) is 0 Å². The predicted octanol–water partition coefficient (Wildman–Crippen LogP) is 1.34. The number of ether oxygens (including phenoxy) is 1. The van der Waals surface area contributed by atoms with Crippen LogP contribution >= 0.6 is 12.4 Å². The molecule has 0 aromatic rings. The molecule has 3 nitrogen and oxygen atoms in total. The van der Waals surface area contributed by atoms with Gasteiger partial charge in [-0.3, -0.25) is 4.79 Å². The van der Waals surface area contributed by atoms with E-state index in [0.717, 1.165) is 19.3 Å². The second-order valence-electron chi connectivity index (χ2n) is 4.36. The van der Waals surface area contributed by atoms with Gasteiger partial charge in [-0.05, 0) is 37.5 Å². The fourth-order valence-electron chi connectivity index (χ4n) is 2.92. The molecule has 4 atom stereocenters. The predicted molar refractivity (Wildman–Crippen MR) is 56.2 cm³/mol. The van der Waals surface area contributed by atoms with E-state index in [1.807, 2.05) is 0 Å². The van der Waals surface area contributed by atoms with Crippen molar-refractivity contribution < 1.29 is 9.53 Å².